The molecule has 1 aromatic rings. The van der Waals surface area contributed by atoms with Crippen molar-refractivity contribution in [1.82, 2.24) is 9.21 Å². The Labute approximate surface area is 142 Å². The fourth-order valence-electron chi connectivity index (χ4n) is 3.64. The number of ketones is 1. The highest BCUT2D eigenvalue weighted by atomic mass is 32.2. The first-order valence-corrected chi connectivity index (χ1v) is 9.17. The summed E-state index contributed by atoms with van der Waals surface area (Å²) < 4.78 is 39.0. The number of carbonyl (C=O) groups excluding carboxylic acids is 3. The number of nitrogens with zero attached hydrogens (tertiary/aromatic N) is 2. The number of benzene rings is 1. The number of rotatable bonds is 2. The molecule has 4 rings (SSSR count). The molecule has 1 saturated heterocycles. The van der Waals surface area contributed by atoms with Gasteiger partial charge in [0.15, 0.2) is 0 Å². The topological polar surface area (TPSA) is 104 Å². The molecule has 0 aromatic heterocycles. The first-order chi connectivity index (χ1) is 11.8. The lowest BCUT2D eigenvalue weighted by Gasteiger charge is -2.32. The summed E-state index contributed by atoms with van der Waals surface area (Å²) in [6.45, 7) is -0.426. The number of likely N-dealkylation sites (tertiary alicyclic amines) is 1. The third-order valence-electron chi connectivity index (χ3n) is 4.89. The van der Waals surface area contributed by atoms with E-state index in [4.69, 9.17) is 0 Å². The number of Topliss-reactive ketones (excluding diaryl/α,β-unsaturated/α-hetero) is 1. The van der Waals surface area contributed by atoms with Gasteiger partial charge in [0.1, 0.15) is 23.0 Å². The van der Waals surface area contributed by atoms with Gasteiger partial charge in [0.2, 0.25) is 5.91 Å². The zero-order valence-corrected chi connectivity index (χ0v) is 13.8. The third kappa shape index (κ3) is 2.39. The Morgan fingerprint density at radius 1 is 1.32 bits per heavy atom. The van der Waals surface area contributed by atoms with Crippen LogP contribution in [0.4, 0.5) is 14.9 Å². The van der Waals surface area contributed by atoms with Gasteiger partial charge in [-0.1, -0.05) is 0 Å². The second-order valence-electron chi connectivity index (χ2n) is 6.39. The van der Waals surface area contributed by atoms with Crippen LogP contribution in [-0.2, 0) is 19.6 Å². The Morgan fingerprint density at radius 3 is 2.72 bits per heavy atom. The van der Waals surface area contributed by atoms with Crippen LogP contribution in [-0.4, -0.2) is 54.5 Å². The van der Waals surface area contributed by atoms with Gasteiger partial charge < -0.3 is 10.2 Å². The number of carbonyl (C=O) groups is 3. The SMILES string of the molecule is O=C1CC2CC1CN2C(=O)CN1C(=O)Nc2ccc(F)cc2S1(=O)=O. The van der Waals surface area contributed by atoms with Crippen molar-refractivity contribution in [3.05, 3.63) is 24.0 Å². The molecule has 8 nitrogen and oxygen atoms in total. The summed E-state index contributed by atoms with van der Waals surface area (Å²) >= 11 is 0. The molecular weight excluding hydrogens is 353 g/mol. The van der Waals surface area contributed by atoms with E-state index < -0.39 is 39.2 Å². The molecule has 3 aliphatic rings. The first-order valence-electron chi connectivity index (χ1n) is 7.73. The van der Waals surface area contributed by atoms with E-state index in [1.807, 2.05) is 0 Å². The van der Waals surface area contributed by atoms with E-state index in [2.05, 4.69) is 5.32 Å². The summed E-state index contributed by atoms with van der Waals surface area (Å²) in [5.74, 6) is -1.39. The maximum atomic E-state index is 13.4. The molecule has 2 fully saturated rings. The Bertz CT molecular complexity index is 916. The summed E-state index contributed by atoms with van der Waals surface area (Å²) in [7, 11) is -4.34. The lowest BCUT2D eigenvalue weighted by atomic mass is 10.1. The Balaban J connectivity index is 1.59. The van der Waals surface area contributed by atoms with E-state index in [1.54, 1.807) is 0 Å². The molecule has 0 radical (unpaired) electrons. The molecule has 10 heteroatoms. The molecular formula is C15H14FN3O5S. The smallest absolute Gasteiger partial charge is 0.336 e. The maximum absolute atomic E-state index is 13.4. The molecule has 1 N–H and O–H groups in total. The molecule has 3 amide bonds. The van der Waals surface area contributed by atoms with Crippen LogP contribution >= 0.6 is 0 Å². The van der Waals surface area contributed by atoms with Crippen LogP contribution in [0.3, 0.4) is 0 Å². The highest BCUT2D eigenvalue weighted by molar-refractivity contribution is 7.90. The van der Waals surface area contributed by atoms with E-state index in [9.17, 15) is 27.2 Å². The van der Waals surface area contributed by atoms with E-state index in [-0.39, 0.29) is 36.4 Å². The van der Waals surface area contributed by atoms with Gasteiger partial charge in [-0.05, 0) is 24.6 Å². The van der Waals surface area contributed by atoms with E-state index in [0.29, 0.717) is 10.7 Å². The Morgan fingerprint density at radius 2 is 2.08 bits per heavy atom. The molecule has 1 aromatic carbocycles. The molecule has 1 saturated carbocycles. The zero-order valence-electron chi connectivity index (χ0n) is 12.9. The number of anilines is 1. The van der Waals surface area contributed by atoms with Crippen LogP contribution in [0.2, 0.25) is 0 Å². The van der Waals surface area contributed by atoms with Gasteiger partial charge in [-0.25, -0.2) is 21.9 Å². The summed E-state index contributed by atoms with van der Waals surface area (Å²) in [6, 6.07) is 1.80. The first kappa shape index (κ1) is 16.0. The number of urea groups is 1. The summed E-state index contributed by atoms with van der Waals surface area (Å²) in [5.41, 5.74) is -0.0269. The van der Waals surface area contributed by atoms with Crippen molar-refractivity contribution in [2.75, 3.05) is 18.4 Å². The van der Waals surface area contributed by atoms with Crippen LogP contribution in [0.1, 0.15) is 12.8 Å². The largest absolute Gasteiger partial charge is 0.337 e. The predicted molar refractivity (Wildman–Crippen MR) is 82.5 cm³/mol. The average Bonchev–Trinajstić information content (AvgIpc) is 3.11. The number of hydrogen-bond acceptors (Lipinski definition) is 5. The molecule has 2 atom stereocenters. The fourth-order valence-corrected chi connectivity index (χ4v) is 5.08. The maximum Gasteiger partial charge on any atom is 0.336 e. The van der Waals surface area contributed by atoms with Crippen molar-refractivity contribution >= 4 is 33.4 Å². The summed E-state index contributed by atoms with van der Waals surface area (Å²) in [4.78, 5) is 37.3. The second kappa shape index (κ2) is 5.25. The number of piperidine rings is 1. The van der Waals surface area contributed by atoms with Gasteiger partial charge in [0.25, 0.3) is 10.0 Å². The van der Waals surface area contributed by atoms with Crippen LogP contribution in [0.25, 0.3) is 0 Å². The minimum atomic E-state index is -4.34. The average molecular weight is 367 g/mol. The Kier molecular flexibility index (Phi) is 3.36. The van der Waals surface area contributed by atoms with Gasteiger partial charge in [-0.3, -0.25) is 9.59 Å². The highest BCUT2D eigenvalue weighted by Crippen LogP contribution is 2.36. The van der Waals surface area contributed by atoms with Gasteiger partial charge in [-0.2, -0.15) is 0 Å². The summed E-state index contributed by atoms with van der Waals surface area (Å²) in [6.07, 6.45) is 0.848. The number of halogens is 1. The molecule has 2 unspecified atom stereocenters. The van der Waals surface area contributed by atoms with E-state index in [1.165, 1.54) is 4.90 Å². The monoisotopic (exact) mass is 367 g/mol. The number of fused-ring (bicyclic) bond motifs is 3. The molecule has 2 heterocycles. The van der Waals surface area contributed by atoms with E-state index >= 15 is 0 Å². The van der Waals surface area contributed by atoms with Gasteiger partial charge >= 0.3 is 6.03 Å². The van der Waals surface area contributed by atoms with Gasteiger partial charge in [0, 0.05) is 24.9 Å². The standard InChI is InChI=1S/C15H14FN3O5S/c16-9-1-2-11-13(4-9)25(23,24)19(15(22)17-11)7-14(21)18-6-8-3-10(18)5-12(8)20/h1-2,4,8,10H,3,5-7H2,(H,17,22). The van der Waals surface area contributed by atoms with Crippen molar-refractivity contribution < 1.29 is 27.2 Å². The molecule has 132 valence electrons. The quantitative estimate of drug-likeness (QED) is 0.822. The van der Waals surface area contributed by atoms with E-state index in [0.717, 1.165) is 18.2 Å². The Hall–Kier alpha value is -2.49. The van der Waals surface area contributed by atoms with Crippen LogP contribution < -0.4 is 5.32 Å². The molecule has 25 heavy (non-hydrogen) atoms. The number of amides is 3. The summed E-state index contributed by atoms with van der Waals surface area (Å²) in [5, 5.41) is 2.35. The van der Waals surface area contributed by atoms with Crippen LogP contribution in [0.15, 0.2) is 23.1 Å². The van der Waals surface area contributed by atoms with Crippen molar-refractivity contribution in [2.45, 2.75) is 23.8 Å². The van der Waals surface area contributed by atoms with Crippen LogP contribution in [0.5, 0.6) is 0 Å². The lowest BCUT2D eigenvalue weighted by molar-refractivity contribution is -0.134. The predicted octanol–water partition coefficient (Wildman–Crippen LogP) is 0.552. The lowest BCUT2D eigenvalue weighted by Crippen LogP contribution is -2.51. The molecule has 0 spiro atoms. The van der Waals surface area contributed by atoms with Crippen molar-refractivity contribution in [1.29, 1.82) is 0 Å². The van der Waals surface area contributed by atoms with Crippen molar-refractivity contribution in [3.63, 3.8) is 0 Å². The van der Waals surface area contributed by atoms with Crippen LogP contribution in [0, 0.1) is 11.7 Å². The van der Waals surface area contributed by atoms with Crippen molar-refractivity contribution in [3.8, 4) is 0 Å². The normalized spacial score (nSPS) is 26.6. The zero-order chi connectivity index (χ0) is 17.9. The fraction of sp³-hybridized carbons (Fsp3) is 0.400. The van der Waals surface area contributed by atoms with Crippen molar-refractivity contribution in [2.24, 2.45) is 5.92 Å². The second-order valence-corrected chi connectivity index (χ2v) is 8.22. The third-order valence-corrected chi connectivity index (χ3v) is 6.65. The minimum absolute atomic E-state index is 0.0269. The highest BCUT2D eigenvalue weighted by Gasteiger charge is 2.47. The minimum Gasteiger partial charge on any atom is -0.337 e. The van der Waals surface area contributed by atoms with Gasteiger partial charge in [0.05, 0.1) is 5.69 Å². The molecule has 2 bridgehead atoms. The van der Waals surface area contributed by atoms with Gasteiger partial charge in [-0.15, -0.1) is 0 Å². The number of hydrogen-bond donors (Lipinski definition) is 1. The number of nitrogens with one attached hydrogen (secondary N) is 1. The molecule has 2 aliphatic heterocycles. The number of sulfonamides is 1. The molecule has 1 aliphatic carbocycles.